The van der Waals surface area contributed by atoms with E-state index in [2.05, 4.69) is 11.1 Å². The molecule has 0 aliphatic heterocycles. The zero-order valence-electron chi connectivity index (χ0n) is 8.51. The largest absolute Gasteiger partial charge is 0.466 e. The fourth-order valence-corrected chi connectivity index (χ4v) is 1.22. The Labute approximate surface area is 88.5 Å². The van der Waals surface area contributed by atoms with Crippen LogP contribution >= 0.6 is 0 Å². The fraction of sp³-hybridized carbons (Fsp3) is 0.364. The van der Waals surface area contributed by atoms with Gasteiger partial charge in [-0.05, 0) is 24.6 Å². The lowest BCUT2D eigenvalue weighted by molar-refractivity contribution is -0.143. The van der Waals surface area contributed by atoms with Crippen molar-refractivity contribution in [2.75, 3.05) is 6.61 Å². The average Bonchev–Trinajstić information content (AvgIpc) is 2.27. The molecule has 4 heteroatoms. The monoisotopic (exact) mass is 204 g/mol. The SMILES string of the molecule is CCOC(=O)C[C@@H](C#N)c1ccncc1. The van der Waals surface area contributed by atoms with Gasteiger partial charge < -0.3 is 4.74 Å². The molecule has 1 aromatic rings. The lowest BCUT2D eigenvalue weighted by atomic mass is 9.99. The summed E-state index contributed by atoms with van der Waals surface area (Å²) in [6.07, 6.45) is 3.30. The van der Waals surface area contributed by atoms with Crippen molar-refractivity contribution < 1.29 is 9.53 Å². The average molecular weight is 204 g/mol. The van der Waals surface area contributed by atoms with Crippen LogP contribution in [0.1, 0.15) is 24.8 Å². The topological polar surface area (TPSA) is 63.0 Å². The van der Waals surface area contributed by atoms with Crippen LogP contribution in [0.3, 0.4) is 0 Å². The number of pyridine rings is 1. The highest BCUT2D eigenvalue weighted by atomic mass is 16.5. The third-order valence-electron chi connectivity index (χ3n) is 1.94. The van der Waals surface area contributed by atoms with Crippen LogP contribution in [0, 0.1) is 11.3 Å². The van der Waals surface area contributed by atoms with Crippen molar-refractivity contribution in [3.05, 3.63) is 30.1 Å². The van der Waals surface area contributed by atoms with Crippen molar-refractivity contribution in [2.24, 2.45) is 0 Å². The first-order valence-corrected chi connectivity index (χ1v) is 4.73. The second-order valence-corrected chi connectivity index (χ2v) is 2.97. The Morgan fingerprint density at radius 3 is 2.80 bits per heavy atom. The molecule has 78 valence electrons. The summed E-state index contributed by atoms with van der Waals surface area (Å²) in [7, 11) is 0. The van der Waals surface area contributed by atoms with E-state index in [1.54, 1.807) is 31.5 Å². The van der Waals surface area contributed by atoms with Gasteiger partial charge in [-0.2, -0.15) is 5.26 Å². The zero-order valence-corrected chi connectivity index (χ0v) is 8.51. The molecule has 0 radical (unpaired) electrons. The number of aromatic nitrogens is 1. The molecule has 0 aliphatic carbocycles. The van der Waals surface area contributed by atoms with Crippen molar-refractivity contribution in [1.82, 2.24) is 4.98 Å². The molecule has 0 saturated carbocycles. The van der Waals surface area contributed by atoms with Crippen molar-refractivity contribution in [2.45, 2.75) is 19.3 Å². The van der Waals surface area contributed by atoms with E-state index < -0.39 is 5.92 Å². The molecule has 1 heterocycles. The van der Waals surface area contributed by atoms with Gasteiger partial charge in [0, 0.05) is 12.4 Å². The van der Waals surface area contributed by atoms with Gasteiger partial charge in [-0.25, -0.2) is 0 Å². The molecule has 4 nitrogen and oxygen atoms in total. The molecule has 0 unspecified atom stereocenters. The van der Waals surface area contributed by atoms with Crippen molar-refractivity contribution in [1.29, 1.82) is 5.26 Å². The molecule has 1 rings (SSSR count). The molecule has 0 spiro atoms. The Bertz CT molecular complexity index is 357. The van der Waals surface area contributed by atoms with Crippen LogP contribution in [0.25, 0.3) is 0 Å². The molecular weight excluding hydrogens is 192 g/mol. The van der Waals surface area contributed by atoms with Crippen LogP contribution in [-0.4, -0.2) is 17.6 Å². The molecular formula is C11H12N2O2. The Hall–Kier alpha value is -1.89. The highest BCUT2D eigenvalue weighted by Crippen LogP contribution is 2.18. The number of esters is 1. The van der Waals surface area contributed by atoms with Gasteiger partial charge in [0.2, 0.25) is 0 Å². The van der Waals surface area contributed by atoms with Gasteiger partial charge in [-0.15, -0.1) is 0 Å². The van der Waals surface area contributed by atoms with Gasteiger partial charge in [0.05, 0.1) is 25.0 Å². The molecule has 0 amide bonds. The molecule has 0 bridgehead atoms. The predicted octanol–water partition coefficient (Wildman–Crippen LogP) is 1.64. The first-order valence-electron chi connectivity index (χ1n) is 4.73. The number of rotatable bonds is 4. The Kier molecular flexibility index (Phi) is 4.30. The molecule has 15 heavy (non-hydrogen) atoms. The summed E-state index contributed by atoms with van der Waals surface area (Å²) in [4.78, 5) is 15.0. The van der Waals surface area contributed by atoms with Crippen LogP contribution in [-0.2, 0) is 9.53 Å². The summed E-state index contributed by atoms with van der Waals surface area (Å²) >= 11 is 0. The van der Waals surface area contributed by atoms with E-state index in [0.717, 1.165) is 5.56 Å². The number of nitriles is 1. The van der Waals surface area contributed by atoms with E-state index >= 15 is 0 Å². The molecule has 0 aromatic carbocycles. The normalized spacial score (nSPS) is 11.5. The maximum atomic E-state index is 11.2. The van der Waals surface area contributed by atoms with Gasteiger partial charge >= 0.3 is 5.97 Å². The standard InChI is InChI=1S/C11H12N2O2/c1-2-15-11(14)7-10(8-12)9-3-5-13-6-4-9/h3-6,10H,2,7H2,1H3/t10-/m0/s1. The molecule has 0 aliphatic rings. The van der Waals surface area contributed by atoms with E-state index in [9.17, 15) is 4.79 Å². The maximum Gasteiger partial charge on any atom is 0.307 e. The summed E-state index contributed by atoms with van der Waals surface area (Å²) in [5, 5.41) is 8.92. The number of carbonyl (C=O) groups is 1. The summed E-state index contributed by atoms with van der Waals surface area (Å²) in [6.45, 7) is 2.08. The van der Waals surface area contributed by atoms with E-state index in [1.807, 2.05) is 0 Å². The first-order chi connectivity index (χ1) is 7.27. The number of nitrogens with zero attached hydrogens (tertiary/aromatic N) is 2. The highest BCUT2D eigenvalue weighted by molar-refractivity contribution is 5.71. The van der Waals surface area contributed by atoms with Gasteiger partial charge in [0.25, 0.3) is 0 Å². The predicted molar refractivity (Wildman–Crippen MR) is 53.8 cm³/mol. The molecule has 0 N–H and O–H groups in total. The van der Waals surface area contributed by atoms with Crippen LogP contribution < -0.4 is 0 Å². The van der Waals surface area contributed by atoms with E-state index in [4.69, 9.17) is 10.00 Å². The second kappa shape index (κ2) is 5.76. The lowest BCUT2D eigenvalue weighted by Gasteiger charge is -2.07. The minimum Gasteiger partial charge on any atom is -0.466 e. The van der Waals surface area contributed by atoms with Crippen molar-refractivity contribution in [3.8, 4) is 6.07 Å². The number of ether oxygens (including phenoxy) is 1. The van der Waals surface area contributed by atoms with E-state index in [0.29, 0.717) is 6.61 Å². The Morgan fingerprint density at radius 2 is 2.27 bits per heavy atom. The van der Waals surface area contributed by atoms with Gasteiger partial charge in [0.15, 0.2) is 0 Å². The van der Waals surface area contributed by atoms with Crippen LogP contribution in [0.4, 0.5) is 0 Å². The summed E-state index contributed by atoms with van der Waals surface area (Å²) in [6, 6.07) is 5.54. The molecule has 1 aromatic heterocycles. The number of hydrogen-bond acceptors (Lipinski definition) is 4. The second-order valence-electron chi connectivity index (χ2n) is 2.97. The molecule has 1 atom stereocenters. The van der Waals surface area contributed by atoms with E-state index in [1.165, 1.54) is 0 Å². The van der Waals surface area contributed by atoms with Crippen LogP contribution in [0.2, 0.25) is 0 Å². The number of hydrogen-bond donors (Lipinski definition) is 0. The summed E-state index contributed by atoms with van der Waals surface area (Å²) in [5.41, 5.74) is 0.792. The fourth-order valence-electron chi connectivity index (χ4n) is 1.22. The Balaban J connectivity index is 2.66. The van der Waals surface area contributed by atoms with Crippen molar-refractivity contribution >= 4 is 5.97 Å². The molecule has 0 fully saturated rings. The smallest absolute Gasteiger partial charge is 0.307 e. The van der Waals surface area contributed by atoms with Crippen LogP contribution in [0.5, 0.6) is 0 Å². The van der Waals surface area contributed by atoms with Gasteiger partial charge in [0.1, 0.15) is 0 Å². The van der Waals surface area contributed by atoms with Crippen molar-refractivity contribution in [3.63, 3.8) is 0 Å². The van der Waals surface area contributed by atoms with Crippen LogP contribution in [0.15, 0.2) is 24.5 Å². The summed E-state index contributed by atoms with van der Waals surface area (Å²) in [5.74, 6) is -0.798. The minimum absolute atomic E-state index is 0.0916. The third-order valence-corrected chi connectivity index (χ3v) is 1.94. The number of carbonyl (C=O) groups excluding carboxylic acids is 1. The Morgan fingerprint density at radius 1 is 1.60 bits per heavy atom. The third kappa shape index (κ3) is 3.39. The van der Waals surface area contributed by atoms with E-state index in [-0.39, 0.29) is 12.4 Å². The highest BCUT2D eigenvalue weighted by Gasteiger charge is 2.15. The summed E-state index contributed by atoms with van der Waals surface area (Å²) < 4.78 is 4.79. The van der Waals surface area contributed by atoms with Gasteiger partial charge in [-0.1, -0.05) is 0 Å². The minimum atomic E-state index is -0.452. The zero-order chi connectivity index (χ0) is 11.1. The first kappa shape index (κ1) is 11.2. The lowest BCUT2D eigenvalue weighted by Crippen LogP contribution is -2.09. The van der Waals surface area contributed by atoms with Gasteiger partial charge in [-0.3, -0.25) is 9.78 Å². The molecule has 0 saturated heterocycles. The maximum absolute atomic E-state index is 11.2. The quantitative estimate of drug-likeness (QED) is 0.699.